The summed E-state index contributed by atoms with van der Waals surface area (Å²) in [5.74, 6) is 1.18. The van der Waals surface area contributed by atoms with Crippen LogP contribution in [0.4, 0.5) is 0 Å². The molecule has 1 aliphatic rings. The van der Waals surface area contributed by atoms with E-state index in [1.54, 1.807) is 11.3 Å². The van der Waals surface area contributed by atoms with Crippen LogP contribution in [0.15, 0.2) is 21.3 Å². The van der Waals surface area contributed by atoms with Crippen molar-refractivity contribution >= 4 is 11.3 Å². The fourth-order valence-corrected chi connectivity index (χ4v) is 2.23. The summed E-state index contributed by atoms with van der Waals surface area (Å²) in [5.41, 5.74) is 0.990. The Balaban J connectivity index is 1.82. The molecule has 0 aliphatic carbocycles. The van der Waals surface area contributed by atoms with E-state index < -0.39 is 0 Å². The third kappa shape index (κ3) is 1.87. The summed E-state index contributed by atoms with van der Waals surface area (Å²) in [6.45, 7) is 2.29. The summed E-state index contributed by atoms with van der Waals surface area (Å²) in [5, 5.41) is 11.2. The molecule has 2 aromatic rings. The highest BCUT2D eigenvalue weighted by Crippen LogP contribution is 2.22. The molecular weight excluding hydrogens is 226 g/mol. The number of aromatic nitrogens is 2. The molecule has 6 heteroatoms. The predicted molar refractivity (Wildman–Crippen MR) is 59.2 cm³/mol. The van der Waals surface area contributed by atoms with Crippen molar-refractivity contribution in [3.63, 3.8) is 0 Å². The zero-order valence-corrected chi connectivity index (χ0v) is 9.37. The number of nitrogens with one attached hydrogen (secondary N) is 1. The zero-order valence-electron chi connectivity index (χ0n) is 8.55. The van der Waals surface area contributed by atoms with Gasteiger partial charge in [0.25, 0.3) is 5.89 Å². The molecule has 1 fully saturated rings. The van der Waals surface area contributed by atoms with Crippen LogP contribution in [0.25, 0.3) is 11.4 Å². The Morgan fingerprint density at radius 1 is 1.50 bits per heavy atom. The van der Waals surface area contributed by atoms with Gasteiger partial charge in [0.1, 0.15) is 6.10 Å². The van der Waals surface area contributed by atoms with Crippen LogP contribution in [-0.4, -0.2) is 29.8 Å². The molecule has 1 N–H and O–H groups in total. The third-order valence-electron chi connectivity index (χ3n) is 2.42. The van der Waals surface area contributed by atoms with Crippen molar-refractivity contribution in [2.75, 3.05) is 19.7 Å². The van der Waals surface area contributed by atoms with E-state index in [1.807, 2.05) is 16.8 Å². The lowest BCUT2D eigenvalue weighted by Gasteiger charge is -2.19. The van der Waals surface area contributed by atoms with Gasteiger partial charge in [-0.2, -0.15) is 16.3 Å². The monoisotopic (exact) mass is 237 g/mol. The van der Waals surface area contributed by atoms with E-state index in [2.05, 4.69) is 15.5 Å². The average molecular weight is 237 g/mol. The maximum Gasteiger partial charge on any atom is 0.257 e. The summed E-state index contributed by atoms with van der Waals surface area (Å²) in [4.78, 5) is 4.34. The van der Waals surface area contributed by atoms with Gasteiger partial charge >= 0.3 is 0 Å². The van der Waals surface area contributed by atoms with E-state index >= 15 is 0 Å². The van der Waals surface area contributed by atoms with Gasteiger partial charge in [-0.25, -0.2) is 0 Å². The number of morpholine rings is 1. The van der Waals surface area contributed by atoms with Crippen LogP contribution in [0.5, 0.6) is 0 Å². The summed E-state index contributed by atoms with van der Waals surface area (Å²) in [6.07, 6.45) is -0.117. The van der Waals surface area contributed by atoms with Gasteiger partial charge in [0.15, 0.2) is 0 Å². The molecule has 0 unspecified atom stereocenters. The number of nitrogens with zero attached hydrogens (tertiary/aromatic N) is 2. The summed E-state index contributed by atoms with van der Waals surface area (Å²) in [7, 11) is 0. The lowest BCUT2D eigenvalue weighted by atomic mass is 10.3. The standard InChI is InChI=1S/C10H11N3O2S/c1-4-16-6-7(1)9-12-10(15-13-9)8-5-11-2-3-14-8/h1,4,6,8,11H,2-3,5H2/t8-/m0/s1. The Morgan fingerprint density at radius 3 is 3.25 bits per heavy atom. The largest absolute Gasteiger partial charge is 0.366 e. The van der Waals surface area contributed by atoms with E-state index in [9.17, 15) is 0 Å². The smallest absolute Gasteiger partial charge is 0.257 e. The minimum atomic E-state index is -0.117. The summed E-state index contributed by atoms with van der Waals surface area (Å²) < 4.78 is 10.7. The molecule has 0 spiro atoms. The molecule has 0 bridgehead atoms. The minimum Gasteiger partial charge on any atom is -0.366 e. The van der Waals surface area contributed by atoms with Gasteiger partial charge in [-0.15, -0.1) is 0 Å². The van der Waals surface area contributed by atoms with E-state index in [-0.39, 0.29) is 6.10 Å². The first-order valence-electron chi connectivity index (χ1n) is 5.12. The van der Waals surface area contributed by atoms with Gasteiger partial charge in [-0.3, -0.25) is 0 Å². The number of rotatable bonds is 2. The highest BCUT2D eigenvalue weighted by atomic mass is 32.1. The highest BCUT2D eigenvalue weighted by molar-refractivity contribution is 7.08. The summed E-state index contributed by atoms with van der Waals surface area (Å²) >= 11 is 1.61. The quantitative estimate of drug-likeness (QED) is 0.856. The highest BCUT2D eigenvalue weighted by Gasteiger charge is 2.22. The third-order valence-corrected chi connectivity index (χ3v) is 3.11. The normalized spacial score (nSPS) is 21.1. The van der Waals surface area contributed by atoms with Crippen molar-refractivity contribution in [3.05, 3.63) is 22.7 Å². The Labute approximate surface area is 96.4 Å². The lowest BCUT2D eigenvalue weighted by Crippen LogP contribution is -2.33. The Bertz CT molecular complexity index is 448. The Kier molecular flexibility index (Phi) is 2.69. The fraction of sp³-hybridized carbons (Fsp3) is 0.400. The molecule has 84 valence electrons. The van der Waals surface area contributed by atoms with Crippen LogP contribution < -0.4 is 5.32 Å². The van der Waals surface area contributed by atoms with Crippen LogP contribution in [0, 0.1) is 0 Å². The van der Waals surface area contributed by atoms with Crippen molar-refractivity contribution in [2.24, 2.45) is 0 Å². The summed E-state index contributed by atoms with van der Waals surface area (Å²) in [6, 6.07) is 1.97. The second-order valence-electron chi connectivity index (χ2n) is 3.53. The Hall–Kier alpha value is -1.24. The van der Waals surface area contributed by atoms with Gasteiger partial charge in [0, 0.05) is 24.0 Å². The molecule has 0 amide bonds. The van der Waals surface area contributed by atoms with Gasteiger partial charge < -0.3 is 14.6 Å². The lowest BCUT2D eigenvalue weighted by molar-refractivity contribution is 0.00755. The molecule has 0 radical (unpaired) electrons. The van der Waals surface area contributed by atoms with Crippen molar-refractivity contribution < 1.29 is 9.26 Å². The molecule has 1 saturated heterocycles. The molecule has 3 rings (SSSR count). The first kappa shape index (κ1) is 9.95. The molecule has 16 heavy (non-hydrogen) atoms. The number of ether oxygens (including phenoxy) is 1. The SMILES string of the molecule is c1cc(-c2noc([C@@H]3CNCCO3)n2)cs1. The van der Waals surface area contributed by atoms with Crippen molar-refractivity contribution in [1.82, 2.24) is 15.5 Å². The minimum absolute atomic E-state index is 0.117. The molecule has 1 aliphatic heterocycles. The second kappa shape index (κ2) is 4.32. The molecule has 3 heterocycles. The average Bonchev–Trinajstić information content (AvgIpc) is 3.01. The van der Waals surface area contributed by atoms with Crippen molar-refractivity contribution in [1.29, 1.82) is 0 Å². The van der Waals surface area contributed by atoms with E-state index in [0.29, 0.717) is 18.3 Å². The molecule has 1 atom stereocenters. The molecule has 0 saturated carbocycles. The maximum atomic E-state index is 5.54. The van der Waals surface area contributed by atoms with Crippen LogP contribution in [0.1, 0.15) is 12.0 Å². The first-order chi connectivity index (χ1) is 7.93. The van der Waals surface area contributed by atoms with Crippen LogP contribution >= 0.6 is 11.3 Å². The van der Waals surface area contributed by atoms with E-state index in [1.165, 1.54) is 0 Å². The molecule has 2 aromatic heterocycles. The van der Waals surface area contributed by atoms with Crippen molar-refractivity contribution in [2.45, 2.75) is 6.10 Å². The molecular formula is C10H11N3O2S. The fourth-order valence-electron chi connectivity index (χ4n) is 1.60. The van der Waals surface area contributed by atoms with E-state index in [4.69, 9.17) is 9.26 Å². The van der Waals surface area contributed by atoms with E-state index in [0.717, 1.165) is 18.7 Å². The second-order valence-corrected chi connectivity index (χ2v) is 4.31. The molecule has 5 nitrogen and oxygen atoms in total. The predicted octanol–water partition coefficient (Wildman–Crippen LogP) is 1.46. The maximum absolute atomic E-state index is 5.54. The number of thiophene rings is 1. The van der Waals surface area contributed by atoms with Gasteiger partial charge in [-0.05, 0) is 11.4 Å². The number of hydrogen-bond acceptors (Lipinski definition) is 6. The first-order valence-corrected chi connectivity index (χ1v) is 6.06. The molecule has 0 aromatic carbocycles. The topological polar surface area (TPSA) is 60.2 Å². The van der Waals surface area contributed by atoms with Crippen molar-refractivity contribution in [3.8, 4) is 11.4 Å². The van der Waals surface area contributed by atoms with Crippen LogP contribution in [0.2, 0.25) is 0 Å². The zero-order chi connectivity index (χ0) is 10.8. The number of hydrogen-bond donors (Lipinski definition) is 1. The van der Waals surface area contributed by atoms with Gasteiger partial charge in [0.2, 0.25) is 5.82 Å². The Morgan fingerprint density at radius 2 is 2.50 bits per heavy atom. The van der Waals surface area contributed by atoms with Crippen LogP contribution in [0.3, 0.4) is 0 Å². The van der Waals surface area contributed by atoms with Gasteiger partial charge in [-0.1, -0.05) is 5.16 Å². The van der Waals surface area contributed by atoms with Crippen LogP contribution in [-0.2, 0) is 4.74 Å². The van der Waals surface area contributed by atoms with Gasteiger partial charge in [0.05, 0.1) is 6.61 Å².